The molecular formula is C11H14N4OS. The highest BCUT2D eigenvalue weighted by molar-refractivity contribution is 7.18. The number of nitrogens with zero attached hydrogens (tertiary/aromatic N) is 2. The molecule has 6 heteroatoms. The van der Waals surface area contributed by atoms with Crippen molar-refractivity contribution < 1.29 is 0 Å². The van der Waals surface area contributed by atoms with Crippen LogP contribution in [-0.2, 0) is 19.5 Å². The Hall–Kier alpha value is -1.24. The zero-order chi connectivity index (χ0) is 12.0. The van der Waals surface area contributed by atoms with E-state index in [0.717, 1.165) is 29.7 Å². The fourth-order valence-corrected chi connectivity index (χ4v) is 3.59. The lowest BCUT2D eigenvalue weighted by molar-refractivity contribution is 0.318. The van der Waals surface area contributed by atoms with Gasteiger partial charge in [0.1, 0.15) is 10.7 Å². The van der Waals surface area contributed by atoms with Gasteiger partial charge in [0.15, 0.2) is 0 Å². The second-order valence-electron chi connectivity index (χ2n) is 4.39. The third kappa shape index (κ3) is 1.69. The minimum absolute atomic E-state index is 0.0440. The van der Waals surface area contributed by atoms with Gasteiger partial charge in [-0.1, -0.05) is 0 Å². The molecule has 0 aromatic carbocycles. The number of likely N-dealkylation sites (N-methyl/N-ethyl adjacent to an activating group) is 1. The monoisotopic (exact) mass is 250 g/mol. The number of aromatic amines is 1. The average molecular weight is 250 g/mol. The van der Waals surface area contributed by atoms with E-state index in [1.54, 1.807) is 11.3 Å². The molecule has 5 nitrogen and oxygen atoms in total. The number of fused-ring (bicyclic) bond motifs is 3. The number of H-pyrrole nitrogens is 1. The largest absolute Gasteiger partial charge is 0.324 e. The van der Waals surface area contributed by atoms with E-state index in [9.17, 15) is 4.79 Å². The van der Waals surface area contributed by atoms with Crippen LogP contribution in [0.3, 0.4) is 0 Å². The van der Waals surface area contributed by atoms with E-state index in [0.29, 0.717) is 5.82 Å². The molecule has 0 radical (unpaired) electrons. The van der Waals surface area contributed by atoms with Crippen molar-refractivity contribution in [2.75, 3.05) is 13.6 Å². The highest BCUT2D eigenvalue weighted by Crippen LogP contribution is 2.31. The quantitative estimate of drug-likeness (QED) is 0.769. The van der Waals surface area contributed by atoms with E-state index in [-0.39, 0.29) is 12.1 Å². The molecule has 2 aromatic heterocycles. The van der Waals surface area contributed by atoms with E-state index in [1.807, 2.05) is 0 Å². The zero-order valence-corrected chi connectivity index (χ0v) is 10.4. The predicted molar refractivity (Wildman–Crippen MR) is 68.2 cm³/mol. The van der Waals surface area contributed by atoms with Crippen LogP contribution in [0, 0.1) is 0 Å². The second-order valence-corrected chi connectivity index (χ2v) is 5.47. The third-order valence-electron chi connectivity index (χ3n) is 3.14. The van der Waals surface area contributed by atoms with E-state index < -0.39 is 0 Å². The van der Waals surface area contributed by atoms with Crippen molar-refractivity contribution in [3.8, 4) is 0 Å². The molecule has 0 atom stereocenters. The number of hydrogen-bond acceptors (Lipinski definition) is 5. The van der Waals surface area contributed by atoms with Crippen LogP contribution < -0.4 is 11.3 Å². The Kier molecular flexibility index (Phi) is 2.50. The smallest absolute Gasteiger partial charge is 0.259 e. The molecule has 17 heavy (non-hydrogen) atoms. The lowest BCUT2D eigenvalue weighted by Gasteiger charge is -2.21. The fraction of sp³-hybridized carbons (Fsp3) is 0.455. The van der Waals surface area contributed by atoms with Crippen molar-refractivity contribution in [2.45, 2.75) is 19.5 Å². The maximum Gasteiger partial charge on any atom is 0.259 e. The Morgan fingerprint density at radius 1 is 1.59 bits per heavy atom. The average Bonchev–Trinajstić information content (AvgIpc) is 2.66. The lowest BCUT2D eigenvalue weighted by atomic mass is 10.1. The van der Waals surface area contributed by atoms with Crippen LogP contribution in [0.4, 0.5) is 0 Å². The van der Waals surface area contributed by atoms with Gasteiger partial charge in [-0.2, -0.15) is 0 Å². The molecule has 0 spiro atoms. The van der Waals surface area contributed by atoms with Gasteiger partial charge in [0.05, 0.1) is 11.9 Å². The lowest BCUT2D eigenvalue weighted by Crippen LogP contribution is -2.26. The second kappa shape index (κ2) is 3.90. The highest BCUT2D eigenvalue weighted by Gasteiger charge is 2.21. The van der Waals surface area contributed by atoms with E-state index in [4.69, 9.17) is 5.73 Å². The van der Waals surface area contributed by atoms with E-state index in [2.05, 4.69) is 21.9 Å². The molecule has 0 unspecified atom stereocenters. The highest BCUT2D eigenvalue weighted by atomic mass is 32.1. The van der Waals surface area contributed by atoms with Gasteiger partial charge in [-0.25, -0.2) is 4.98 Å². The summed E-state index contributed by atoms with van der Waals surface area (Å²) in [4.78, 5) is 23.5. The molecule has 0 aliphatic carbocycles. The van der Waals surface area contributed by atoms with Crippen LogP contribution in [0.25, 0.3) is 10.2 Å². The summed E-state index contributed by atoms with van der Waals surface area (Å²) in [5.74, 6) is 0.564. The summed E-state index contributed by atoms with van der Waals surface area (Å²) in [5, 5.41) is 0.773. The van der Waals surface area contributed by atoms with Crippen molar-refractivity contribution in [1.29, 1.82) is 0 Å². The van der Waals surface area contributed by atoms with Crippen LogP contribution in [0.15, 0.2) is 4.79 Å². The molecule has 0 amide bonds. The number of nitrogens with one attached hydrogen (secondary N) is 1. The number of rotatable bonds is 1. The molecule has 3 N–H and O–H groups in total. The first kappa shape index (κ1) is 10.9. The Bertz CT molecular complexity index is 630. The number of nitrogens with two attached hydrogens (primary N) is 1. The summed E-state index contributed by atoms with van der Waals surface area (Å²) < 4.78 is 0. The van der Waals surface area contributed by atoms with Crippen molar-refractivity contribution in [2.24, 2.45) is 5.73 Å². The summed E-state index contributed by atoms with van der Waals surface area (Å²) in [6, 6.07) is 0. The minimum Gasteiger partial charge on any atom is -0.324 e. The summed E-state index contributed by atoms with van der Waals surface area (Å²) in [5.41, 5.74) is 6.65. The Labute approximate surface area is 102 Å². The van der Waals surface area contributed by atoms with Gasteiger partial charge in [0.2, 0.25) is 0 Å². The SMILES string of the molecule is CN1CCc2c(sc3nc(CN)[nH]c(=O)c23)C1. The van der Waals surface area contributed by atoms with Crippen LogP contribution >= 0.6 is 11.3 Å². The van der Waals surface area contributed by atoms with Crippen LogP contribution in [0.2, 0.25) is 0 Å². The number of aromatic nitrogens is 2. The maximum atomic E-state index is 12.0. The molecule has 1 aliphatic rings. The predicted octanol–water partition coefficient (Wildman–Crippen LogP) is 0.431. The summed E-state index contributed by atoms with van der Waals surface area (Å²) in [7, 11) is 2.09. The van der Waals surface area contributed by atoms with Gasteiger partial charge in [-0.3, -0.25) is 4.79 Å². The first-order valence-electron chi connectivity index (χ1n) is 5.61. The third-order valence-corrected chi connectivity index (χ3v) is 4.25. The molecule has 90 valence electrons. The van der Waals surface area contributed by atoms with E-state index in [1.165, 1.54) is 10.4 Å². The molecule has 2 aromatic rings. The summed E-state index contributed by atoms with van der Waals surface area (Å²) >= 11 is 1.62. The molecule has 0 saturated carbocycles. The van der Waals surface area contributed by atoms with Crippen LogP contribution in [0.1, 0.15) is 16.3 Å². The van der Waals surface area contributed by atoms with Gasteiger partial charge in [0.25, 0.3) is 5.56 Å². The van der Waals surface area contributed by atoms with Crippen molar-refractivity contribution in [1.82, 2.24) is 14.9 Å². The number of thiophene rings is 1. The molecule has 0 fully saturated rings. The summed E-state index contributed by atoms with van der Waals surface area (Å²) in [6.07, 6.45) is 0.929. The molecular weight excluding hydrogens is 236 g/mol. The first-order chi connectivity index (χ1) is 8.19. The normalized spacial score (nSPS) is 16.4. The van der Waals surface area contributed by atoms with Crippen LogP contribution in [-0.4, -0.2) is 28.5 Å². The van der Waals surface area contributed by atoms with Gasteiger partial charge in [0, 0.05) is 18.0 Å². The van der Waals surface area contributed by atoms with Crippen molar-refractivity contribution in [3.05, 3.63) is 26.6 Å². The van der Waals surface area contributed by atoms with Crippen LogP contribution in [0.5, 0.6) is 0 Å². The van der Waals surface area contributed by atoms with Gasteiger partial charge in [-0.15, -0.1) is 11.3 Å². The van der Waals surface area contributed by atoms with Gasteiger partial charge in [-0.05, 0) is 19.0 Å². The fourth-order valence-electron chi connectivity index (χ4n) is 2.27. The molecule has 3 heterocycles. The molecule has 3 rings (SSSR count). The first-order valence-corrected chi connectivity index (χ1v) is 6.42. The van der Waals surface area contributed by atoms with Crippen molar-refractivity contribution in [3.63, 3.8) is 0 Å². The Morgan fingerprint density at radius 3 is 3.18 bits per heavy atom. The Morgan fingerprint density at radius 2 is 2.41 bits per heavy atom. The topological polar surface area (TPSA) is 75.0 Å². The standard InChI is InChI=1S/C11H14N4OS/c1-15-3-2-6-7(5-15)17-11-9(6)10(16)13-8(4-12)14-11/h2-5,12H2,1H3,(H,13,14,16). The maximum absolute atomic E-state index is 12.0. The molecule has 0 saturated heterocycles. The summed E-state index contributed by atoms with van der Waals surface area (Å²) in [6.45, 7) is 2.18. The minimum atomic E-state index is -0.0440. The Balaban J connectivity index is 2.28. The zero-order valence-electron chi connectivity index (χ0n) is 9.62. The van der Waals surface area contributed by atoms with Gasteiger partial charge >= 0.3 is 0 Å². The molecule has 1 aliphatic heterocycles. The van der Waals surface area contributed by atoms with E-state index >= 15 is 0 Å². The van der Waals surface area contributed by atoms with Crippen molar-refractivity contribution >= 4 is 21.6 Å². The molecule has 0 bridgehead atoms. The van der Waals surface area contributed by atoms with Gasteiger partial charge < -0.3 is 15.6 Å². The number of hydrogen-bond donors (Lipinski definition) is 2.